The Morgan fingerprint density at radius 1 is 1.11 bits per heavy atom. The molecule has 28 heavy (non-hydrogen) atoms. The summed E-state index contributed by atoms with van der Waals surface area (Å²) in [7, 11) is -3.25. The van der Waals surface area contributed by atoms with Crippen molar-refractivity contribution >= 4 is 24.5 Å². The number of carbonyl (C=O) groups excluding carboxylic acids is 1. The molecule has 2 aromatic carbocycles. The van der Waals surface area contributed by atoms with Gasteiger partial charge >= 0.3 is 13.7 Å². The lowest BCUT2D eigenvalue weighted by atomic mass is 9.84. The number of ether oxygens (including phenoxy) is 1. The third-order valence-corrected chi connectivity index (χ3v) is 7.90. The molecule has 6 nitrogen and oxygen atoms in total. The van der Waals surface area contributed by atoms with Crippen LogP contribution in [-0.4, -0.2) is 49.6 Å². The van der Waals surface area contributed by atoms with Gasteiger partial charge in [0.25, 0.3) is 0 Å². The second-order valence-corrected chi connectivity index (χ2v) is 9.37. The predicted octanol–water partition coefficient (Wildman–Crippen LogP) is 4.64. The van der Waals surface area contributed by atoms with Gasteiger partial charge < -0.3 is 18.7 Å². The fourth-order valence-electron chi connectivity index (χ4n) is 4.59. The molecular weight excluding hydrogens is 377 g/mol. The SMILES string of the molecule is CCOP(=O)(C[C@@H]1[C@H]2COC(=O)N2C[C@H]1c1cccc2ccccc12)OCC. The van der Waals surface area contributed by atoms with Crippen LogP contribution in [0, 0.1) is 5.92 Å². The Labute approximate surface area is 165 Å². The molecule has 1 amide bonds. The van der Waals surface area contributed by atoms with Gasteiger partial charge in [-0.2, -0.15) is 0 Å². The fraction of sp³-hybridized carbons (Fsp3) is 0.476. The molecule has 150 valence electrons. The molecule has 0 saturated carbocycles. The minimum atomic E-state index is -3.25. The molecule has 7 heteroatoms. The number of hydrogen-bond donors (Lipinski definition) is 0. The predicted molar refractivity (Wildman–Crippen MR) is 108 cm³/mol. The average molecular weight is 403 g/mol. The lowest BCUT2D eigenvalue weighted by Crippen LogP contribution is -2.32. The number of hydrogen-bond acceptors (Lipinski definition) is 5. The number of fused-ring (bicyclic) bond motifs is 2. The van der Waals surface area contributed by atoms with Crippen LogP contribution in [0.15, 0.2) is 42.5 Å². The number of cyclic esters (lactones) is 1. The van der Waals surface area contributed by atoms with E-state index in [1.54, 1.807) is 4.90 Å². The summed E-state index contributed by atoms with van der Waals surface area (Å²) in [6.45, 7) is 5.16. The van der Waals surface area contributed by atoms with Crippen LogP contribution >= 0.6 is 7.60 Å². The van der Waals surface area contributed by atoms with E-state index in [1.807, 2.05) is 32.0 Å². The number of carbonyl (C=O) groups is 1. The van der Waals surface area contributed by atoms with Gasteiger partial charge in [0.05, 0.1) is 25.4 Å². The van der Waals surface area contributed by atoms with Gasteiger partial charge in [0, 0.05) is 18.4 Å². The first-order valence-corrected chi connectivity index (χ1v) is 11.6. The maximum atomic E-state index is 13.3. The van der Waals surface area contributed by atoms with Crippen molar-refractivity contribution in [1.82, 2.24) is 4.90 Å². The number of amides is 1. The molecule has 0 radical (unpaired) electrons. The highest BCUT2D eigenvalue weighted by atomic mass is 31.2. The first-order valence-electron chi connectivity index (χ1n) is 9.85. The molecule has 2 fully saturated rings. The van der Waals surface area contributed by atoms with E-state index in [0.717, 1.165) is 10.8 Å². The summed E-state index contributed by atoms with van der Waals surface area (Å²) in [4.78, 5) is 14.0. The van der Waals surface area contributed by atoms with Crippen molar-refractivity contribution in [3.05, 3.63) is 48.0 Å². The Balaban J connectivity index is 1.74. The largest absolute Gasteiger partial charge is 0.447 e. The van der Waals surface area contributed by atoms with Crippen molar-refractivity contribution < 1.29 is 23.1 Å². The molecule has 3 atom stereocenters. The van der Waals surface area contributed by atoms with Gasteiger partial charge in [-0.25, -0.2) is 4.79 Å². The van der Waals surface area contributed by atoms with Gasteiger partial charge in [-0.15, -0.1) is 0 Å². The number of nitrogens with zero attached hydrogens (tertiary/aromatic N) is 1. The van der Waals surface area contributed by atoms with E-state index in [1.165, 1.54) is 5.56 Å². The van der Waals surface area contributed by atoms with Crippen LogP contribution < -0.4 is 0 Å². The molecule has 2 aliphatic rings. The first-order chi connectivity index (χ1) is 13.6. The molecule has 0 aliphatic carbocycles. The highest BCUT2D eigenvalue weighted by molar-refractivity contribution is 7.53. The second kappa shape index (κ2) is 7.86. The normalized spacial score (nSPS) is 24.6. The lowest BCUT2D eigenvalue weighted by Gasteiger charge is -2.27. The van der Waals surface area contributed by atoms with Gasteiger partial charge in [-0.05, 0) is 30.2 Å². The zero-order valence-electron chi connectivity index (χ0n) is 16.2. The average Bonchev–Trinajstić information content (AvgIpc) is 3.22. The Morgan fingerprint density at radius 3 is 2.57 bits per heavy atom. The van der Waals surface area contributed by atoms with Gasteiger partial charge in [0.2, 0.25) is 0 Å². The molecule has 0 spiro atoms. The third kappa shape index (κ3) is 3.45. The topological polar surface area (TPSA) is 65.1 Å². The Kier molecular flexibility index (Phi) is 5.46. The van der Waals surface area contributed by atoms with Gasteiger partial charge in [0.15, 0.2) is 0 Å². The molecule has 0 bridgehead atoms. The number of rotatable bonds is 7. The van der Waals surface area contributed by atoms with Crippen LogP contribution in [-0.2, 0) is 18.3 Å². The maximum Gasteiger partial charge on any atom is 0.410 e. The second-order valence-electron chi connectivity index (χ2n) is 7.26. The van der Waals surface area contributed by atoms with Crippen molar-refractivity contribution in [2.24, 2.45) is 5.92 Å². The van der Waals surface area contributed by atoms with Crippen LogP contribution in [0.2, 0.25) is 0 Å². The fourth-order valence-corrected chi connectivity index (χ4v) is 6.68. The van der Waals surface area contributed by atoms with E-state index in [0.29, 0.717) is 26.4 Å². The highest BCUT2D eigenvalue weighted by Crippen LogP contribution is 2.55. The van der Waals surface area contributed by atoms with Crippen molar-refractivity contribution in [3.8, 4) is 0 Å². The van der Waals surface area contributed by atoms with Crippen molar-refractivity contribution in [2.45, 2.75) is 25.8 Å². The van der Waals surface area contributed by atoms with E-state index in [9.17, 15) is 9.36 Å². The van der Waals surface area contributed by atoms with E-state index >= 15 is 0 Å². The van der Waals surface area contributed by atoms with Gasteiger partial charge in [-0.1, -0.05) is 42.5 Å². The van der Waals surface area contributed by atoms with Crippen LogP contribution in [0.5, 0.6) is 0 Å². The van der Waals surface area contributed by atoms with Crippen molar-refractivity contribution in [2.75, 3.05) is 32.5 Å². The molecule has 2 aliphatic heterocycles. The van der Waals surface area contributed by atoms with Gasteiger partial charge in [0.1, 0.15) is 6.61 Å². The molecule has 4 rings (SSSR count). The van der Waals surface area contributed by atoms with E-state index in [4.69, 9.17) is 13.8 Å². The minimum Gasteiger partial charge on any atom is -0.447 e. The lowest BCUT2D eigenvalue weighted by molar-refractivity contribution is 0.158. The van der Waals surface area contributed by atoms with Crippen molar-refractivity contribution in [3.63, 3.8) is 0 Å². The van der Waals surface area contributed by atoms with E-state index in [2.05, 4.69) is 24.3 Å². The zero-order valence-corrected chi connectivity index (χ0v) is 17.1. The monoisotopic (exact) mass is 403 g/mol. The highest BCUT2D eigenvalue weighted by Gasteiger charge is 2.52. The Hall–Kier alpha value is -1.88. The summed E-state index contributed by atoms with van der Waals surface area (Å²) in [5.41, 5.74) is 1.17. The molecule has 2 saturated heterocycles. The summed E-state index contributed by atoms with van der Waals surface area (Å²) < 4.78 is 29.7. The first kappa shape index (κ1) is 19.4. The van der Waals surface area contributed by atoms with Crippen LogP contribution in [0.25, 0.3) is 10.8 Å². The zero-order chi connectivity index (χ0) is 19.7. The Bertz CT molecular complexity index is 901. The standard InChI is InChI=1S/C21H26NO5P/c1-3-26-28(24,27-4-2)14-19-18(12-22-20(19)13-25-21(22)23)17-11-7-9-15-8-5-6-10-16(15)17/h5-11,18-20H,3-4,12-14H2,1-2H3/t18-,19-,20+/m0/s1. The van der Waals surface area contributed by atoms with E-state index < -0.39 is 7.60 Å². The summed E-state index contributed by atoms with van der Waals surface area (Å²) in [6, 6.07) is 14.4. The van der Waals surface area contributed by atoms with Crippen molar-refractivity contribution in [1.29, 1.82) is 0 Å². The van der Waals surface area contributed by atoms with E-state index in [-0.39, 0.29) is 30.1 Å². The molecule has 2 aromatic rings. The molecule has 0 aromatic heterocycles. The summed E-state index contributed by atoms with van der Waals surface area (Å²) >= 11 is 0. The van der Waals surface area contributed by atoms with Gasteiger partial charge in [-0.3, -0.25) is 4.57 Å². The number of benzene rings is 2. The van der Waals surface area contributed by atoms with Crippen LogP contribution in [0.3, 0.4) is 0 Å². The summed E-state index contributed by atoms with van der Waals surface area (Å²) in [5.74, 6) is -0.000577. The molecular formula is C21H26NO5P. The smallest absolute Gasteiger partial charge is 0.410 e. The van der Waals surface area contributed by atoms with Crippen LogP contribution in [0.1, 0.15) is 25.3 Å². The summed E-state index contributed by atoms with van der Waals surface area (Å²) in [6.07, 6.45) is -0.0132. The molecule has 0 unspecified atom stereocenters. The maximum absolute atomic E-state index is 13.3. The Morgan fingerprint density at radius 2 is 1.82 bits per heavy atom. The van der Waals surface area contributed by atoms with Crippen LogP contribution in [0.4, 0.5) is 4.79 Å². The third-order valence-electron chi connectivity index (χ3n) is 5.73. The molecule has 2 heterocycles. The quantitative estimate of drug-likeness (QED) is 0.630. The minimum absolute atomic E-state index is 0.0539. The summed E-state index contributed by atoms with van der Waals surface area (Å²) in [5, 5.41) is 2.32. The molecule has 0 N–H and O–H groups in total.